The Morgan fingerprint density at radius 2 is 0.333 bits per heavy atom. The zero-order valence-electron chi connectivity index (χ0n) is 14.9. The Morgan fingerprint density at radius 3 is 0.333 bits per heavy atom. The van der Waals surface area contributed by atoms with E-state index in [1.165, 1.54) is 23.7 Å². The third-order valence-electron chi connectivity index (χ3n) is 0. The van der Waals surface area contributed by atoms with Crippen molar-refractivity contribution >= 4 is 0 Å². The van der Waals surface area contributed by atoms with E-state index in [4.69, 9.17) is 0 Å². The van der Waals surface area contributed by atoms with E-state index in [-0.39, 0.29) is 31.7 Å². The van der Waals surface area contributed by atoms with Gasteiger partial charge in [0.1, 0.15) is 0 Å². The van der Waals surface area contributed by atoms with Gasteiger partial charge in [0.25, 0.3) is 0 Å². The molecule has 112 valence electrons. The van der Waals surface area contributed by atoms with Gasteiger partial charge in [-0.25, -0.2) is 0 Å². The van der Waals surface area contributed by atoms with E-state index < -0.39 is 0 Å². The Balaban J connectivity index is -0.0000000257. The first-order valence-corrected chi connectivity index (χ1v) is 6.00. The maximum Gasteiger partial charge on any atom is 4.00 e. The summed E-state index contributed by atoms with van der Waals surface area (Å²) >= 11 is 0. The van der Waals surface area contributed by atoms with Crippen LogP contribution in [-0.4, -0.2) is 0 Å². The van der Waals surface area contributed by atoms with Crippen molar-refractivity contribution in [2.24, 2.45) is 0 Å². The maximum atomic E-state index is 2.08. The minimum absolute atomic E-state index is 0. The largest absolute Gasteiger partial charge is 4.00 e. The van der Waals surface area contributed by atoms with Crippen LogP contribution in [0.4, 0.5) is 0 Å². The summed E-state index contributed by atoms with van der Waals surface area (Å²) in [7, 11) is 0. The molecule has 0 aromatic heterocycles. The van der Waals surface area contributed by atoms with Gasteiger partial charge in [0.2, 0.25) is 0 Å². The fraction of sp³-hybridized carbons (Fsp3) is 0.750. The minimum Gasteiger partial charge on any atom is -2.00 e. The van der Waals surface area contributed by atoms with Crippen LogP contribution in [0.1, 0.15) is 83.1 Å². The van der Waals surface area contributed by atoms with Gasteiger partial charge in [0, 0.05) is 0 Å². The topological polar surface area (TPSA) is 28.5 Å². The molecule has 0 aromatic rings. The molecule has 0 amide bonds. The third kappa shape index (κ3) is 5950. The Labute approximate surface area is 138 Å². The van der Waals surface area contributed by atoms with Gasteiger partial charge in [-0.3, -0.25) is 0 Å². The molecule has 0 saturated heterocycles. The van der Waals surface area contributed by atoms with Gasteiger partial charge < -0.3 is 29.1 Å². The smallest absolute Gasteiger partial charge is 2.00 e. The normalized spacial score (nSPS) is 8.00. The van der Waals surface area contributed by atoms with Crippen LogP contribution in [0.2, 0.25) is 0 Å². The molecule has 0 fully saturated rings. The maximum absolute atomic E-state index is 2.08. The first kappa shape index (κ1) is 36.4. The van der Waals surface area contributed by atoms with Crippen molar-refractivity contribution in [3.05, 3.63) is 23.7 Å². The average molecular weight is 336 g/mol. The van der Waals surface area contributed by atoms with Crippen molar-refractivity contribution in [3.63, 3.8) is 0 Å². The van der Waals surface area contributed by atoms with E-state index in [0.29, 0.717) is 0 Å². The molecule has 0 aromatic carbocycles. The van der Waals surface area contributed by atoms with Gasteiger partial charge in [-0.05, 0) is 0 Å². The molecule has 0 bridgehead atoms. The van der Waals surface area contributed by atoms with E-state index in [0.717, 1.165) is 0 Å². The molecule has 0 aliphatic rings. The summed E-state index contributed by atoms with van der Waals surface area (Å²) in [6.07, 6.45) is 0. The van der Waals surface area contributed by atoms with Crippen LogP contribution in [0.3, 0.4) is 0 Å². The van der Waals surface area contributed by atoms with Gasteiger partial charge in [-0.1, -0.05) is 0 Å². The first-order valence-electron chi connectivity index (χ1n) is 6.00. The van der Waals surface area contributed by atoms with Crippen LogP contribution in [0, 0.1) is 23.7 Å². The van der Waals surface area contributed by atoms with Gasteiger partial charge in [0.05, 0.1) is 0 Å². The van der Waals surface area contributed by atoms with Crippen molar-refractivity contribution in [1.82, 2.24) is 0 Å². The molecule has 0 radical (unpaired) electrons. The summed E-state index contributed by atoms with van der Waals surface area (Å²) in [6, 6.07) is 0. The monoisotopic (exact) mass is 334 g/mol. The predicted octanol–water partition coefficient (Wildman–Crippen LogP) is 6.36. The minimum atomic E-state index is 0. The summed E-state index contributed by atoms with van der Waals surface area (Å²) in [5.74, 6) is 5.67. The summed E-state index contributed by atoms with van der Waals surface area (Å²) < 4.78 is 0. The molecule has 1 nitrogen and oxygen atoms in total. The molecule has 0 atom stereocenters. The third-order valence-corrected chi connectivity index (χ3v) is 0. The van der Waals surface area contributed by atoms with E-state index in [1.807, 2.05) is 0 Å². The zero-order valence-corrected chi connectivity index (χ0v) is 17.4. The Hall–Kier alpha value is 0.843. The molecular formula is C16H36OZr-2. The second-order valence-electron chi connectivity index (χ2n) is 6.00. The second-order valence-corrected chi connectivity index (χ2v) is 6.00. The van der Waals surface area contributed by atoms with Crippen molar-refractivity contribution in [3.8, 4) is 0 Å². The van der Waals surface area contributed by atoms with Gasteiger partial charge in [-0.2, -0.15) is 83.1 Å². The molecule has 0 aliphatic heterocycles. The molecule has 0 spiro atoms. The SMILES string of the molecule is C[C-](C)C.C[C-](C)C.C[C-](C)C.C[C-](C)C.[O-2].[Zr+4]. The molecule has 0 saturated carbocycles. The van der Waals surface area contributed by atoms with E-state index in [9.17, 15) is 0 Å². The molecule has 0 rings (SSSR count). The number of hydrogen-bond donors (Lipinski definition) is 0. The van der Waals surface area contributed by atoms with Crippen LogP contribution in [0.5, 0.6) is 0 Å². The molecule has 0 aliphatic carbocycles. The molecule has 18 heavy (non-hydrogen) atoms. The van der Waals surface area contributed by atoms with Crippen LogP contribution >= 0.6 is 0 Å². The summed E-state index contributed by atoms with van der Waals surface area (Å²) in [6.45, 7) is 25.0. The van der Waals surface area contributed by atoms with E-state index in [1.54, 1.807) is 0 Å². The fourth-order valence-corrected chi connectivity index (χ4v) is 0. The molecular weight excluding hydrogens is 299 g/mol. The van der Waals surface area contributed by atoms with Crippen LogP contribution in [0.15, 0.2) is 0 Å². The van der Waals surface area contributed by atoms with E-state index in [2.05, 4.69) is 83.1 Å². The zero-order chi connectivity index (χ0) is 14.3. The van der Waals surface area contributed by atoms with Crippen molar-refractivity contribution in [2.45, 2.75) is 83.1 Å². The fourth-order valence-electron chi connectivity index (χ4n) is 0. The Bertz CT molecular complexity index is 54.1. The van der Waals surface area contributed by atoms with Crippen molar-refractivity contribution in [2.75, 3.05) is 0 Å². The van der Waals surface area contributed by atoms with Gasteiger partial charge in [-0.15, -0.1) is 0 Å². The average Bonchev–Trinajstić information content (AvgIpc) is 1.76. The standard InChI is InChI=1S/4C4H9.O.Zr/c4*1-4(2)3;;/h4*1-3H3;;/q4*-1;-2;+4. The second kappa shape index (κ2) is 30.7. The van der Waals surface area contributed by atoms with E-state index >= 15 is 0 Å². The van der Waals surface area contributed by atoms with Crippen molar-refractivity contribution < 1.29 is 31.7 Å². The van der Waals surface area contributed by atoms with Gasteiger partial charge >= 0.3 is 26.2 Å². The van der Waals surface area contributed by atoms with Gasteiger partial charge in [0.15, 0.2) is 0 Å². The quantitative estimate of drug-likeness (QED) is 0.461. The van der Waals surface area contributed by atoms with Crippen molar-refractivity contribution in [1.29, 1.82) is 0 Å². The number of rotatable bonds is 0. The van der Waals surface area contributed by atoms with Crippen LogP contribution in [-0.2, 0) is 31.7 Å². The Morgan fingerprint density at radius 1 is 0.333 bits per heavy atom. The van der Waals surface area contributed by atoms with Crippen LogP contribution < -0.4 is 0 Å². The predicted molar refractivity (Wildman–Crippen MR) is 81.7 cm³/mol. The summed E-state index contributed by atoms with van der Waals surface area (Å²) in [5.41, 5.74) is 0. The van der Waals surface area contributed by atoms with Crippen LogP contribution in [0.25, 0.3) is 0 Å². The molecule has 2 heteroatoms. The Kier molecular flexibility index (Phi) is 62.0. The molecule has 0 N–H and O–H groups in total. The summed E-state index contributed by atoms with van der Waals surface area (Å²) in [5, 5.41) is 0. The summed E-state index contributed by atoms with van der Waals surface area (Å²) in [4.78, 5) is 0. The first-order chi connectivity index (χ1) is 6.93. The molecule has 0 heterocycles. The number of hydrogen-bond acceptors (Lipinski definition) is 0. The molecule has 0 unspecified atom stereocenters.